The Balaban J connectivity index is 1.87. The molecule has 0 fully saturated rings. The van der Waals surface area contributed by atoms with Crippen molar-refractivity contribution in [3.8, 4) is 0 Å². The van der Waals surface area contributed by atoms with Crippen LogP contribution in [0.2, 0.25) is 0 Å². The molecule has 6 heteroatoms. The summed E-state index contributed by atoms with van der Waals surface area (Å²) in [7, 11) is 0. The van der Waals surface area contributed by atoms with Gasteiger partial charge in [0.05, 0.1) is 21.5 Å². The third-order valence-corrected chi connectivity index (χ3v) is 7.81. The standard InChI is InChI=1S/C28H10N2O4/c31-25-21-11-5-1-9-2-6-12-18-15(9)17(11)19-13(22(21)26(32)29-25)7-3-10-4-8-14(20(18)16(10)19)24-23(12)27(33)30-28(24)34/h1-8H,(H,29,31,32)(H,30,33,34). The van der Waals surface area contributed by atoms with Crippen LogP contribution in [-0.2, 0) is 0 Å². The Hall–Kier alpha value is -4.84. The van der Waals surface area contributed by atoms with Crippen molar-refractivity contribution < 1.29 is 0 Å². The molecule has 156 valence electrons. The number of nitrogens with one attached hydrogen (secondary N) is 2. The van der Waals surface area contributed by atoms with Gasteiger partial charge in [-0.3, -0.25) is 29.1 Å². The van der Waals surface area contributed by atoms with E-state index in [1.807, 2.05) is 48.5 Å². The maximum Gasteiger partial charge on any atom is 0.259 e. The van der Waals surface area contributed by atoms with Crippen LogP contribution in [0.15, 0.2) is 67.7 Å². The third-order valence-electron chi connectivity index (χ3n) is 7.81. The second-order valence-corrected chi connectivity index (χ2v) is 9.22. The van der Waals surface area contributed by atoms with Crippen molar-refractivity contribution in [1.29, 1.82) is 0 Å². The fraction of sp³-hybridized carbons (Fsp3) is 0. The van der Waals surface area contributed by atoms with E-state index < -0.39 is 22.2 Å². The lowest BCUT2D eigenvalue weighted by molar-refractivity contribution is 1.26. The van der Waals surface area contributed by atoms with Crippen molar-refractivity contribution >= 4 is 86.2 Å². The first kappa shape index (κ1) is 16.7. The molecule has 2 N–H and O–H groups in total. The van der Waals surface area contributed by atoms with Gasteiger partial charge in [0.2, 0.25) is 0 Å². The van der Waals surface area contributed by atoms with E-state index >= 15 is 0 Å². The first-order chi connectivity index (χ1) is 16.5. The summed E-state index contributed by atoms with van der Waals surface area (Å²) in [5, 5.41) is 12.0. The third kappa shape index (κ3) is 1.50. The van der Waals surface area contributed by atoms with Crippen LogP contribution in [0.3, 0.4) is 0 Å². The summed E-state index contributed by atoms with van der Waals surface area (Å²) in [5.41, 5.74) is -1.57. The van der Waals surface area contributed by atoms with E-state index in [1.165, 1.54) is 0 Å². The fourth-order valence-corrected chi connectivity index (χ4v) is 6.65. The van der Waals surface area contributed by atoms with Gasteiger partial charge in [-0.05, 0) is 64.6 Å². The largest absolute Gasteiger partial charge is 0.288 e. The maximum absolute atomic E-state index is 12.9. The minimum absolute atomic E-state index is 0.392. The van der Waals surface area contributed by atoms with Crippen LogP contribution in [0.4, 0.5) is 0 Å². The Morgan fingerprint density at radius 2 is 0.588 bits per heavy atom. The second-order valence-electron chi connectivity index (χ2n) is 9.22. The Morgan fingerprint density at radius 1 is 0.324 bits per heavy atom. The van der Waals surface area contributed by atoms with Gasteiger partial charge in [0.25, 0.3) is 22.2 Å². The molecule has 0 aliphatic carbocycles. The first-order valence-electron chi connectivity index (χ1n) is 11.0. The number of H-pyrrole nitrogens is 2. The van der Waals surface area contributed by atoms with Gasteiger partial charge in [0.15, 0.2) is 0 Å². The molecule has 0 radical (unpaired) electrons. The van der Waals surface area contributed by atoms with E-state index in [0.29, 0.717) is 21.5 Å². The molecule has 0 aliphatic rings. The normalized spacial score (nSPS) is 13.2. The summed E-state index contributed by atoms with van der Waals surface area (Å²) in [6, 6.07) is 15.5. The summed E-state index contributed by atoms with van der Waals surface area (Å²) < 4.78 is 0. The molecule has 0 unspecified atom stereocenters. The average molecular weight is 438 g/mol. The molecule has 6 nitrogen and oxygen atoms in total. The molecule has 9 aromatic rings. The van der Waals surface area contributed by atoms with Crippen molar-refractivity contribution in [2.45, 2.75) is 0 Å². The zero-order valence-electron chi connectivity index (χ0n) is 17.3. The lowest BCUT2D eigenvalue weighted by Gasteiger charge is -2.21. The van der Waals surface area contributed by atoms with Gasteiger partial charge in [0, 0.05) is 0 Å². The first-order valence-corrected chi connectivity index (χ1v) is 11.0. The summed E-state index contributed by atoms with van der Waals surface area (Å²) in [4.78, 5) is 56.4. The van der Waals surface area contributed by atoms with Gasteiger partial charge in [0.1, 0.15) is 0 Å². The van der Waals surface area contributed by atoms with Crippen molar-refractivity contribution in [1.82, 2.24) is 9.97 Å². The molecular formula is C28H10N2O4. The second kappa shape index (κ2) is 4.89. The highest BCUT2D eigenvalue weighted by Crippen LogP contribution is 2.50. The van der Waals surface area contributed by atoms with E-state index in [0.717, 1.165) is 64.6 Å². The number of aromatic nitrogens is 2. The van der Waals surface area contributed by atoms with Crippen LogP contribution < -0.4 is 22.2 Å². The topological polar surface area (TPSA) is 99.9 Å². The molecule has 9 rings (SSSR count). The fourth-order valence-electron chi connectivity index (χ4n) is 6.65. The number of benzene rings is 7. The Kier molecular flexibility index (Phi) is 2.41. The van der Waals surface area contributed by atoms with Gasteiger partial charge >= 0.3 is 0 Å². The van der Waals surface area contributed by atoms with Gasteiger partial charge in [-0.2, -0.15) is 0 Å². The molecule has 0 spiro atoms. The van der Waals surface area contributed by atoms with Crippen molar-refractivity contribution in [3.05, 3.63) is 89.9 Å². The molecule has 0 aliphatic heterocycles. The maximum atomic E-state index is 12.9. The quantitative estimate of drug-likeness (QED) is 0.274. The summed E-state index contributed by atoms with van der Waals surface area (Å²) in [5.74, 6) is 0. The molecule has 0 amide bonds. The van der Waals surface area contributed by atoms with Crippen LogP contribution >= 0.6 is 0 Å². The van der Waals surface area contributed by atoms with Gasteiger partial charge in [-0.15, -0.1) is 0 Å². The average Bonchev–Trinajstić information content (AvgIpc) is 3.31. The van der Waals surface area contributed by atoms with Crippen molar-refractivity contribution in [3.63, 3.8) is 0 Å². The zero-order chi connectivity index (χ0) is 22.6. The molecule has 0 saturated heterocycles. The van der Waals surface area contributed by atoms with E-state index in [4.69, 9.17) is 0 Å². The van der Waals surface area contributed by atoms with Gasteiger partial charge in [-0.25, -0.2) is 0 Å². The molecule has 2 heterocycles. The lowest BCUT2D eigenvalue weighted by atomic mass is 9.80. The summed E-state index contributed by atoms with van der Waals surface area (Å²) in [6.07, 6.45) is 0. The van der Waals surface area contributed by atoms with Gasteiger partial charge in [-0.1, -0.05) is 48.5 Å². The van der Waals surface area contributed by atoms with Crippen LogP contribution in [-0.4, -0.2) is 9.97 Å². The van der Waals surface area contributed by atoms with Crippen molar-refractivity contribution in [2.75, 3.05) is 0 Å². The van der Waals surface area contributed by atoms with Crippen LogP contribution in [0.5, 0.6) is 0 Å². The number of hydrogen-bond acceptors (Lipinski definition) is 4. The van der Waals surface area contributed by atoms with E-state index in [1.54, 1.807) is 0 Å². The summed E-state index contributed by atoms with van der Waals surface area (Å²) >= 11 is 0. The molecule has 0 atom stereocenters. The number of fused-ring (bicyclic) bond motifs is 6. The molecule has 34 heavy (non-hydrogen) atoms. The highest BCUT2D eigenvalue weighted by atomic mass is 16.2. The minimum atomic E-state index is -0.392. The Labute approximate surface area is 186 Å². The number of rotatable bonds is 0. The van der Waals surface area contributed by atoms with Crippen LogP contribution in [0.25, 0.3) is 86.2 Å². The molecule has 7 aromatic carbocycles. The number of hydrogen-bond donors (Lipinski definition) is 2. The smallest absolute Gasteiger partial charge is 0.259 e. The Morgan fingerprint density at radius 3 is 0.853 bits per heavy atom. The Bertz CT molecular complexity index is 2230. The SMILES string of the molecule is O=c1[nH]c(=O)c2c3ccc4ccc5c6c(=O)[nH]c(=O)c6c6ccc7ccc(c12)c1c7c6c5c4c31. The van der Waals surface area contributed by atoms with E-state index in [-0.39, 0.29) is 0 Å². The number of aromatic amines is 2. The van der Waals surface area contributed by atoms with E-state index in [9.17, 15) is 19.2 Å². The van der Waals surface area contributed by atoms with Crippen LogP contribution in [0, 0.1) is 0 Å². The predicted octanol–water partition coefficient (Wildman–Crippen LogP) is 4.20. The molecular weight excluding hydrogens is 428 g/mol. The highest BCUT2D eigenvalue weighted by Gasteiger charge is 2.27. The molecule has 2 aromatic heterocycles. The monoisotopic (exact) mass is 438 g/mol. The summed E-state index contributed by atoms with van der Waals surface area (Å²) in [6.45, 7) is 0. The highest BCUT2D eigenvalue weighted by molar-refractivity contribution is 6.50. The van der Waals surface area contributed by atoms with E-state index in [2.05, 4.69) is 9.97 Å². The van der Waals surface area contributed by atoms with Crippen molar-refractivity contribution in [2.24, 2.45) is 0 Å². The van der Waals surface area contributed by atoms with Gasteiger partial charge < -0.3 is 0 Å². The lowest BCUT2D eigenvalue weighted by Crippen LogP contribution is -2.05. The predicted molar refractivity (Wildman–Crippen MR) is 136 cm³/mol. The minimum Gasteiger partial charge on any atom is -0.288 e. The molecule has 0 saturated carbocycles. The van der Waals surface area contributed by atoms with Crippen LogP contribution in [0.1, 0.15) is 0 Å². The zero-order valence-corrected chi connectivity index (χ0v) is 17.3. The molecule has 0 bridgehead atoms.